The van der Waals surface area contributed by atoms with Crippen molar-refractivity contribution in [2.75, 3.05) is 6.61 Å². The van der Waals surface area contributed by atoms with Gasteiger partial charge in [-0.25, -0.2) is 4.39 Å². The van der Waals surface area contributed by atoms with E-state index in [4.69, 9.17) is 10.6 Å². The maximum Gasteiger partial charge on any atom is 0.123 e. The first kappa shape index (κ1) is 16.1. The van der Waals surface area contributed by atoms with Crippen molar-refractivity contribution in [3.8, 4) is 0 Å². The van der Waals surface area contributed by atoms with Gasteiger partial charge in [0.05, 0.1) is 12.1 Å². The van der Waals surface area contributed by atoms with Crippen LogP contribution in [-0.2, 0) is 11.2 Å². The van der Waals surface area contributed by atoms with Gasteiger partial charge in [-0.2, -0.15) is 0 Å². The minimum absolute atomic E-state index is 0.000370. The van der Waals surface area contributed by atoms with E-state index in [0.29, 0.717) is 13.0 Å². The van der Waals surface area contributed by atoms with Crippen molar-refractivity contribution in [1.82, 2.24) is 5.43 Å². The third-order valence-corrected chi connectivity index (χ3v) is 3.37. The number of benzene rings is 1. The molecule has 1 aromatic rings. The van der Waals surface area contributed by atoms with Crippen LogP contribution >= 0.6 is 0 Å². The SMILES string of the molecule is CCCC(OCC)C(Cc1cc(F)ccc1C)NN. The molecule has 108 valence electrons. The zero-order chi connectivity index (χ0) is 14.3. The number of ether oxygens (including phenoxy) is 1. The molecule has 0 fully saturated rings. The molecule has 3 nitrogen and oxygen atoms in total. The maximum absolute atomic E-state index is 13.3. The highest BCUT2D eigenvalue weighted by Crippen LogP contribution is 2.16. The van der Waals surface area contributed by atoms with Crippen molar-refractivity contribution in [2.45, 2.75) is 52.2 Å². The van der Waals surface area contributed by atoms with Crippen LogP contribution < -0.4 is 11.3 Å². The van der Waals surface area contributed by atoms with Gasteiger partial charge in [-0.1, -0.05) is 19.4 Å². The van der Waals surface area contributed by atoms with E-state index >= 15 is 0 Å². The predicted octanol–water partition coefficient (Wildman–Crippen LogP) is 2.71. The Balaban J connectivity index is 2.81. The lowest BCUT2D eigenvalue weighted by molar-refractivity contribution is 0.0281. The number of hydrogen-bond donors (Lipinski definition) is 2. The third kappa shape index (κ3) is 4.90. The number of rotatable bonds is 8. The van der Waals surface area contributed by atoms with Crippen LogP contribution in [0.3, 0.4) is 0 Å². The Hall–Kier alpha value is -0.970. The molecule has 0 spiro atoms. The fourth-order valence-corrected chi connectivity index (χ4v) is 2.29. The summed E-state index contributed by atoms with van der Waals surface area (Å²) in [6, 6.07) is 4.86. The largest absolute Gasteiger partial charge is 0.377 e. The number of hydrogen-bond acceptors (Lipinski definition) is 3. The number of aryl methyl sites for hydroxylation is 1. The second-order valence-corrected chi connectivity index (χ2v) is 4.83. The average molecular weight is 268 g/mol. The predicted molar refractivity (Wildman–Crippen MR) is 76.3 cm³/mol. The van der Waals surface area contributed by atoms with E-state index in [9.17, 15) is 4.39 Å². The van der Waals surface area contributed by atoms with Gasteiger partial charge in [-0.05, 0) is 49.9 Å². The van der Waals surface area contributed by atoms with Gasteiger partial charge in [0.2, 0.25) is 0 Å². The topological polar surface area (TPSA) is 47.3 Å². The van der Waals surface area contributed by atoms with Gasteiger partial charge in [0, 0.05) is 6.61 Å². The highest BCUT2D eigenvalue weighted by molar-refractivity contribution is 5.27. The number of nitrogens with two attached hydrogens (primary N) is 1. The van der Waals surface area contributed by atoms with Crippen molar-refractivity contribution in [1.29, 1.82) is 0 Å². The number of halogens is 1. The fraction of sp³-hybridized carbons (Fsp3) is 0.600. The summed E-state index contributed by atoms with van der Waals surface area (Å²) >= 11 is 0. The molecule has 0 aliphatic heterocycles. The molecule has 0 radical (unpaired) electrons. The van der Waals surface area contributed by atoms with E-state index < -0.39 is 0 Å². The highest BCUT2D eigenvalue weighted by Gasteiger charge is 2.21. The molecule has 0 aliphatic carbocycles. The Kier molecular flexibility index (Phi) is 6.99. The molecule has 4 heteroatoms. The van der Waals surface area contributed by atoms with Crippen LogP contribution in [0.5, 0.6) is 0 Å². The first-order valence-electron chi connectivity index (χ1n) is 6.95. The van der Waals surface area contributed by atoms with E-state index in [1.54, 1.807) is 12.1 Å². The van der Waals surface area contributed by atoms with Crippen LogP contribution in [0.25, 0.3) is 0 Å². The smallest absolute Gasteiger partial charge is 0.123 e. The van der Waals surface area contributed by atoms with E-state index in [1.807, 2.05) is 13.8 Å². The molecule has 0 aliphatic rings. The molecule has 0 bridgehead atoms. The molecular weight excluding hydrogens is 243 g/mol. The quantitative estimate of drug-likeness (QED) is 0.563. The normalized spacial score (nSPS) is 14.4. The summed E-state index contributed by atoms with van der Waals surface area (Å²) in [5.41, 5.74) is 4.87. The molecular formula is C15H25FN2O. The van der Waals surface area contributed by atoms with Crippen LogP contribution in [0.1, 0.15) is 37.8 Å². The van der Waals surface area contributed by atoms with E-state index in [1.165, 1.54) is 6.07 Å². The molecule has 1 rings (SSSR count). The monoisotopic (exact) mass is 268 g/mol. The Morgan fingerprint density at radius 2 is 2.11 bits per heavy atom. The van der Waals surface area contributed by atoms with Crippen molar-refractivity contribution < 1.29 is 9.13 Å². The second-order valence-electron chi connectivity index (χ2n) is 4.83. The Labute approximate surface area is 115 Å². The maximum atomic E-state index is 13.3. The minimum atomic E-state index is -0.208. The molecule has 19 heavy (non-hydrogen) atoms. The standard InChI is InChI=1S/C15H25FN2O/c1-4-6-15(19-5-2)14(18-17)10-12-9-13(16)8-7-11(12)3/h7-9,14-15,18H,4-6,10,17H2,1-3H3. The summed E-state index contributed by atoms with van der Waals surface area (Å²) in [4.78, 5) is 0. The summed E-state index contributed by atoms with van der Waals surface area (Å²) in [7, 11) is 0. The van der Waals surface area contributed by atoms with Crippen molar-refractivity contribution in [2.24, 2.45) is 5.84 Å². The van der Waals surface area contributed by atoms with E-state index in [2.05, 4.69) is 12.3 Å². The zero-order valence-corrected chi connectivity index (χ0v) is 12.1. The molecule has 3 N–H and O–H groups in total. The molecule has 1 aromatic carbocycles. The molecule has 2 unspecified atom stereocenters. The molecule has 0 saturated heterocycles. The summed E-state index contributed by atoms with van der Waals surface area (Å²) in [5, 5.41) is 0. The van der Waals surface area contributed by atoms with Crippen LogP contribution in [0.15, 0.2) is 18.2 Å². The van der Waals surface area contributed by atoms with Gasteiger partial charge in [-0.15, -0.1) is 0 Å². The van der Waals surface area contributed by atoms with Gasteiger partial charge in [0.15, 0.2) is 0 Å². The van der Waals surface area contributed by atoms with Gasteiger partial charge < -0.3 is 4.74 Å². The lowest BCUT2D eigenvalue weighted by atomic mass is 9.96. The number of hydrazine groups is 1. The Morgan fingerprint density at radius 1 is 1.37 bits per heavy atom. The molecule has 0 saturated carbocycles. The summed E-state index contributed by atoms with van der Waals surface area (Å²) < 4.78 is 19.1. The molecule has 2 atom stereocenters. The first-order valence-corrected chi connectivity index (χ1v) is 6.95. The third-order valence-electron chi connectivity index (χ3n) is 3.37. The van der Waals surface area contributed by atoms with Crippen LogP contribution in [-0.4, -0.2) is 18.8 Å². The summed E-state index contributed by atoms with van der Waals surface area (Å²) in [6.07, 6.45) is 2.70. The Bertz CT molecular complexity index is 378. The van der Waals surface area contributed by atoms with Gasteiger partial charge in [0.1, 0.15) is 5.82 Å². The average Bonchev–Trinajstić information content (AvgIpc) is 2.39. The lowest BCUT2D eigenvalue weighted by Crippen LogP contribution is -2.46. The van der Waals surface area contributed by atoms with Gasteiger partial charge in [-0.3, -0.25) is 11.3 Å². The van der Waals surface area contributed by atoms with Crippen molar-refractivity contribution >= 4 is 0 Å². The van der Waals surface area contributed by atoms with Crippen LogP contribution in [0.4, 0.5) is 4.39 Å². The minimum Gasteiger partial charge on any atom is -0.377 e. The van der Waals surface area contributed by atoms with Gasteiger partial charge in [0.25, 0.3) is 0 Å². The van der Waals surface area contributed by atoms with Gasteiger partial charge >= 0.3 is 0 Å². The first-order chi connectivity index (χ1) is 9.12. The highest BCUT2D eigenvalue weighted by atomic mass is 19.1. The molecule has 0 amide bonds. The van der Waals surface area contributed by atoms with Crippen LogP contribution in [0.2, 0.25) is 0 Å². The molecule has 0 aromatic heterocycles. The molecule has 0 heterocycles. The Morgan fingerprint density at radius 3 is 2.68 bits per heavy atom. The van der Waals surface area contributed by atoms with Crippen molar-refractivity contribution in [3.63, 3.8) is 0 Å². The fourth-order valence-electron chi connectivity index (χ4n) is 2.29. The number of nitrogens with one attached hydrogen (secondary N) is 1. The van der Waals surface area contributed by atoms with E-state index in [0.717, 1.165) is 24.0 Å². The summed E-state index contributed by atoms with van der Waals surface area (Å²) in [5.74, 6) is 5.44. The lowest BCUT2D eigenvalue weighted by Gasteiger charge is -2.27. The second kappa shape index (κ2) is 8.25. The van der Waals surface area contributed by atoms with Crippen molar-refractivity contribution in [3.05, 3.63) is 35.1 Å². The van der Waals surface area contributed by atoms with Crippen LogP contribution in [0, 0.1) is 12.7 Å². The van der Waals surface area contributed by atoms with E-state index in [-0.39, 0.29) is 18.0 Å². The summed E-state index contributed by atoms with van der Waals surface area (Å²) in [6.45, 7) is 6.74. The zero-order valence-electron chi connectivity index (χ0n) is 12.1.